The summed E-state index contributed by atoms with van der Waals surface area (Å²) in [5, 5.41) is 16.1. The van der Waals surface area contributed by atoms with Crippen molar-refractivity contribution in [2.75, 3.05) is 26.2 Å². The second-order valence-electron chi connectivity index (χ2n) is 5.73. The van der Waals surface area contributed by atoms with Gasteiger partial charge in [0.15, 0.2) is 5.84 Å². The van der Waals surface area contributed by atoms with Crippen LogP contribution in [0.4, 0.5) is 0 Å². The molecule has 1 aromatic rings. The van der Waals surface area contributed by atoms with E-state index in [1.807, 2.05) is 11.6 Å². The molecule has 2 rings (SSSR count). The zero-order chi connectivity index (χ0) is 15.4. The van der Waals surface area contributed by atoms with Gasteiger partial charge in [-0.2, -0.15) is 5.10 Å². The van der Waals surface area contributed by atoms with Crippen molar-refractivity contribution in [2.24, 2.45) is 10.9 Å². The SMILES string of the molecule is CC(C(N)=NO)N1CCN(Cc2ncnn2C(C)C)CC1. The zero-order valence-corrected chi connectivity index (χ0v) is 13.0. The molecule has 1 unspecified atom stereocenters. The van der Waals surface area contributed by atoms with Crippen molar-refractivity contribution < 1.29 is 5.21 Å². The molecule has 1 aliphatic heterocycles. The molecule has 1 atom stereocenters. The van der Waals surface area contributed by atoms with Crippen LogP contribution in [0.15, 0.2) is 11.5 Å². The van der Waals surface area contributed by atoms with Crippen molar-refractivity contribution in [1.29, 1.82) is 0 Å². The first kappa shape index (κ1) is 15.7. The number of piperazine rings is 1. The summed E-state index contributed by atoms with van der Waals surface area (Å²) in [5.41, 5.74) is 5.67. The van der Waals surface area contributed by atoms with Crippen LogP contribution in [0.5, 0.6) is 0 Å². The molecule has 1 aliphatic rings. The molecule has 0 saturated carbocycles. The van der Waals surface area contributed by atoms with Crippen molar-refractivity contribution in [2.45, 2.75) is 39.4 Å². The Labute approximate surface area is 125 Å². The average molecular weight is 295 g/mol. The highest BCUT2D eigenvalue weighted by atomic mass is 16.4. The number of hydrogen-bond acceptors (Lipinski definition) is 6. The van der Waals surface area contributed by atoms with Crippen molar-refractivity contribution in [3.8, 4) is 0 Å². The lowest BCUT2D eigenvalue weighted by molar-refractivity contribution is 0.112. The zero-order valence-electron chi connectivity index (χ0n) is 13.0. The topological polar surface area (TPSA) is 95.8 Å². The Morgan fingerprint density at radius 1 is 1.33 bits per heavy atom. The third-order valence-corrected chi connectivity index (χ3v) is 4.00. The first-order valence-corrected chi connectivity index (χ1v) is 7.35. The van der Waals surface area contributed by atoms with Gasteiger partial charge >= 0.3 is 0 Å². The molecule has 8 nitrogen and oxygen atoms in total. The lowest BCUT2D eigenvalue weighted by atomic mass is 10.2. The van der Waals surface area contributed by atoms with Crippen molar-refractivity contribution in [3.05, 3.63) is 12.2 Å². The molecular weight excluding hydrogens is 270 g/mol. The van der Waals surface area contributed by atoms with Crippen LogP contribution in [0.3, 0.4) is 0 Å². The Morgan fingerprint density at radius 3 is 2.57 bits per heavy atom. The van der Waals surface area contributed by atoms with E-state index in [4.69, 9.17) is 10.9 Å². The number of rotatable bonds is 5. The molecule has 8 heteroatoms. The molecule has 0 amide bonds. The Bertz CT molecular complexity index is 477. The van der Waals surface area contributed by atoms with Gasteiger partial charge in [-0.3, -0.25) is 9.80 Å². The maximum atomic E-state index is 8.75. The lowest BCUT2D eigenvalue weighted by Gasteiger charge is -2.37. The molecule has 2 heterocycles. The van der Waals surface area contributed by atoms with Gasteiger partial charge in [-0.15, -0.1) is 0 Å². The van der Waals surface area contributed by atoms with Gasteiger partial charge in [0.25, 0.3) is 0 Å². The largest absolute Gasteiger partial charge is 0.409 e. The quantitative estimate of drug-likeness (QED) is 0.346. The van der Waals surface area contributed by atoms with Gasteiger partial charge in [0.2, 0.25) is 0 Å². The molecular formula is C13H25N7O. The van der Waals surface area contributed by atoms with Gasteiger partial charge in [0.1, 0.15) is 12.2 Å². The molecule has 1 aromatic heterocycles. The summed E-state index contributed by atoms with van der Waals surface area (Å²) in [4.78, 5) is 8.93. The van der Waals surface area contributed by atoms with Gasteiger partial charge in [0.05, 0.1) is 12.6 Å². The Balaban J connectivity index is 1.88. The summed E-state index contributed by atoms with van der Waals surface area (Å²) in [7, 11) is 0. The van der Waals surface area contributed by atoms with E-state index in [-0.39, 0.29) is 11.9 Å². The number of hydrogen-bond donors (Lipinski definition) is 2. The van der Waals surface area contributed by atoms with E-state index in [9.17, 15) is 0 Å². The molecule has 0 bridgehead atoms. The van der Waals surface area contributed by atoms with E-state index in [2.05, 4.69) is 38.9 Å². The summed E-state index contributed by atoms with van der Waals surface area (Å²) in [5.74, 6) is 1.27. The lowest BCUT2D eigenvalue weighted by Crippen LogP contribution is -2.52. The van der Waals surface area contributed by atoms with Crippen LogP contribution in [-0.4, -0.2) is 67.8 Å². The predicted molar refractivity (Wildman–Crippen MR) is 80.1 cm³/mol. The van der Waals surface area contributed by atoms with E-state index < -0.39 is 0 Å². The van der Waals surface area contributed by atoms with Gasteiger partial charge < -0.3 is 10.9 Å². The number of amidine groups is 1. The molecule has 3 N–H and O–H groups in total. The number of aromatic nitrogens is 3. The summed E-state index contributed by atoms with van der Waals surface area (Å²) in [6.45, 7) is 10.6. The van der Waals surface area contributed by atoms with E-state index in [1.165, 1.54) is 0 Å². The highest BCUT2D eigenvalue weighted by Crippen LogP contribution is 2.11. The van der Waals surface area contributed by atoms with Crippen LogP contribution >= 0.6 is 0 Å². The second-order valence-corrected chi connectivity index (χ2v) is 5.73. The standard InChI is InChI=1S/C13H25N7O/c1-10(2)20-12(15-9-16-20)8-18-4-6-19(7-5-18)11(3)13(14)17-21/h9-11,21H,4-8H2,1-3H3,(H2,14,17). The highest BCUT2D eigenvalue weighted by Gasteiger charge is 2.24. The Kier molecular flexibility index (Phi) is 5.13. The molecule has 1 saturated heterocycles. The smallest absolute Gasteiger partial charge is 0.156 e. The van der Waals surface area contributed by atoms with Crippen molar-refractivity contribution >= 4 is 5.84 Å². The van der Waals surface area contributed by atoms with E-state index in [0.29, 0.717) is 6.04 Å². The van der Waals surface area contributed by atoms with Crippen LogP contribution < -0.4 is 5.73 Å². The minimum absolute atomic E-state index is 0.0310. The maximum absolute atomic E-state index is 8.75. The summed E-state index contributed by atoms with van der Waals surface area (Å²) in [6, 6.07) is 0.292. The third-order valence-electron chi connectivity index (χ3n) is 4.00. The minimum Gasteiger partial charge on any atom is -0.409 e. The van der Waals surface area contributed by atoms with Gasteiger partial charge in [0, 0.05) is 32.2 Å². The fourth-order valence-electron chi connectivity index (χ4n) is 2.60. The first-order chi connectivity index (χ1) is 10.0. The first-order valence-electron chi connectivity index (χ1n) is 7.35. The minimum atomic E-state index is -0.0310. The van der Waals surface area contributed by atoms with Gasteiger partial charge in [-0.1, -0.05) is 5.16 Å². The van der Waals surface area contributed by atoms with Crippen LogP contribution in [0.25, 0.3) is 0 Å². The van der Waals surface area contributed by atoms with Crippen LogP contribution in [0.2, 0.25) is 0 Å². The molecule has 118 valence electrons. The second kappa shape index (κ2) is 6.86. The van der Waals surface area contributed by atoms with E-state index >= 15 is 0 Å². The predicted octanol–water partition coefficient (Wildman–Crippen LogP) is 0.111. The maximum Gasteiger partial charge on any atom is 0.156 e. The van der Waals surface area contributed by atoms with Crippen molar-refractivity contribution in [1.82, 2.24) is 24.6 Å². The average Bonchev–Trinajstić information content (AvgIpc) is 2.95. The Morgan fingerprint density at radius 2 is 2.00 bits per heavy atom. The summed E-state index contributed by atoms with van der Waals surface area (Å²) in [6.07, 6.45) is 1.62. The van der Waals surface area contributed by atoms with E-state index in [1.54, 1.807) is 6.33 Å². The summed E-state index contributed by atoms with van der Waals surface area (Å²) >= 11 is 0. The van der Waals surface area contributed by atoms with E-state index in [0.717, 1.165) is 38.5 Å². The molecule has 1 fully saturated rings. The van der Waals surface area contributed by atoms with Crippen LogP contribution in [-0.2, 0) is 6.54 Å². The van der Waals surface area contributed by atoms with Crippen LogP contribution in [0, 0.1) is 0 Å². The third kappa shape index (κ3) is 3.70. The van der Waals surface area contributed by atoms with Gasteiger partial charge in [-0.25, -0.2) is 9.67 Å². The number of nitrogens with zero attached hydrogens (tertiary/aromatic N) is 6. The molecule has 0 spiro atoms. The van der Waals surface area contributed by atoms with Crippen LogP contribution in [0.1, 0.15) is 32.6 Å². The van der Waals surface area contributed by atoms with Gasteiger partial charge in [-0.05, 0) is 20.8 Å². The summed E-state index contributed by atoms with van der Waals surface area (Å²) < 4.78 is 1.96. The molecule has 0 aliphatic carbocycles. The van der Waals surface area contributed by atoms with Crippen molar-refractivity contribution in [3.63, 3.8) is 0 Å². The normalized spacial score (nSPS) is 20.1. The fraction of sp³-hybridized carbons (Fsp3) is 0.769. The Hall–Kier alpha value is -1.67. The monoisotopic (exact) mass is 295 g/mol. The molecule has 0 aromatic carbocycles. The molecule has 21 heavy (non-hydrogen) atoms. The highest BCUT2D eigenvalue weighted by molar-refractivity contribution is 5.84. The molecule has 0 radical (unpaired) electrons. The number of nitrogens with two attached hydrogens (primary N) is 1. The number of oxime groups is 1. The fourth-order valence-corrected chi connectivity index (χ4v) is 2.60.